The van der Waals surface area contributed by atoms with E-state index in [0.29, 0.717) is 32.6 Å². The molecule has 2 fully saturated rings. The van der Waals surface area contributed by atoms with Gasteiger partial charge in [-0.25, -0.2) is 17.9 Å². The van der Waals surface area contributed by atoms with Crippen LogP contribution in [0.3, 0.4) is 0 Å². The lowest BCUT2D eigenvalue weighted by Crippen LogP contribution is -2.71. The topological polar surface area (TPSA) is 162 Å². The van der Waals surface area contributed by atoms with Crippen LogP contribution in [0.15, 0.2) is 57.6 Å². The third-order valence-electron chi connectivity index (χ3n) is 6.81. The molecule has 2 aromatic heterocycles. The first-order valence-corrected chi connectivity index (χ1v) is 14.4. The van der Waals surface area contributed by atoms with E-state index in [4.69, 9.17) is 21.2 Å². The van der Waals surface area contributed by atoms with E-state index in [0.717, 1.165) is 12.3 Å². The van der Waals surface area contributed by atoms with Gasteiger partial charge >= 0.3 is 6.09 Å². The highest BCUT2D eigenvalue weighted by molar-refractivity contribution is 7.90. The minimum Gasteiger partial charge on any atom is -0.465 e. The van der Waals surface area contributed by atoms with Gasteiger partial charge in [0, 0.05) is 42.7 Å². The lowest BCUT2D eigenvalue weighted by molar-refractivity contribution is -0.127. The fraction of sp³-hybridized carbons (Fsp3) is 0.548. The van der Waals surface area contributed by atoms with E-state index in [1.807, 2.05) is 4.72 Å². The van der Waals surface area contributed by atoms with Crippen LogP contribution in [0.25, 0.3) is 11.2 Å². The maximum atomic E-state index is 14.6. The highest BCUT2D eigenvalue weighted by Gasteiger charge is 2.56. The molecule has 0 aliphatic heterocycles. The predicted molar refractivity (Wildman–Crippen MR) is 160 cm³/mol. The van der Waals surface area contributed by atoms with Crippen LogP contribution >= 0.6 is 0 Å². The molecule has 12 heteroatoms. The van der Waals surface area contributed by atoms with Crippen LogP contribution in [-0.4, -0.2) is 65.1 Å². The van der Waals surface area contributed by atoms with Gasteiger partial charge in [-0.2, -0.15) is 0 Å². The summed E-state index contributed by atoms with van der Waals surface area (Å²) in [5.41, 5.74) is -8.26. The number of aliphatic hydroxyl groups is 1. The highest BCUT2D eigenvalue weighted by atomic mass is 32.2. The fourth-order valence-electron chi connectivity index (χ4n) is 4.94. The Morgan fingerprint density at radius 3 is 2.74 bits per heavy atom. The first kappa shape index (κ1) is 14.6. The number of nitrogens with one attached hydrogen (secondary N) is 2. The van der Waals surface area contributed by atoms with E-state index in [1.165, 1.54) is 5.32 Å². The zero-order valence-electron chi connectivity index (χ0n) is 42.5. The van der Waals surface area contributed by atoms with Crippen molar-refractivity contribution in [2.45, 2.75) is 93.8 Å². The molecular formula is C31H41N3O8S. The van der Waals surface area contributed by atoms with Crippen molar-refractivity contribution >= 4 is 33.2 Å². The summed E-state index contributed by atoms with van der Waals surface area (Å²) in [4.78, 5) is 26.5. The zero-order valence-corrected chi connectivity index (χ0v) is 23.4. The quantitative estimate of drug-likeness (QED) is 0.223. The van der Waals surface area contributed by atoms with Crippen LogP contribution in [0.4, 0.5) is 4.79 Å². The van der Waals surface area contributed by atoms with Crippen molar-refractivity contribution in [3.63, 3.8) is 0 Å². The number of benzene rings is 1. The van der Waals surface area contributed by atoms with Crippen molar-refractivity contribution in [3.8, 4) is 0 Å². The Morgan fingerprint density at radius 1 is 1.33 bits per heavy atom. The lowest BCUT2D eigenvalue weighted by atomic mass is 9.72. The monoisotopic (exact) mass is 635 g/mol. The molecule has 4 unspecified atom stereocenters. The molecule has 11 nitrogen and oxygen atoms in total. The molecule has 0 spiro atoms. The van der Waals surface area contributed by atoms with E-state index in [1.54, 1.807) is 0 Å². The summed E-state index contributed by atoms with van der Waals surface area (Å²) in [5.74, 6) is -7.76. The number of furan rings is 2. The number of rotatable bonds is 11. The minimum absolute atomic E-state index is 0.290. The second-order valence-corrected chi connectivity index (χ2v) is 11.4. The summed E-state index contributed by atoms with van der Waals surface area (Å²) in [5, 5.41) is 19.2. The van der Waals surface area contributed by atoms with Gasteiger partial charge in [0.05, 0.1) is 44.8 Å². The molecule has 43 heavy (non-hydrogen) atoms. The van der Waals surface area contributed by atoms with Gasteiger partial charge in [0.15, 0.2) is 0 Å². The number of hydrogen-bond donors (Lipinski definition) is 4. The van der Waals surface area contributed by atoms with E-state index >= 15 is 0 Å². The molecule has 2 saturated carbocycles. The van der Waals surface area contributed by atoms with Gasteiger partial charge in [0.2, 0.25) is 15.9 Å². The summed E-state index contributed by atoms with van der Waals surface area (Å²) in [6, 6.07) is -12.1. The molecule has 5 rings (SSSR count). The average Bonchev–Trinajstić information content (AvgIpc) is 3.93. The van der Waals surface area contributed by atoms with Crippen LogP contribution in [0, 0.1) is 5.92 Å². The summed E-state index contributed by atoms with van der Waals surface area (Å²) in [6.45, 7) is -4.87. The zero-order chi connectivity index (χ0) is 48.5. The first-order valence-electron chi connectivity index (χ1n) is 22.9. The van der Waals surface area contributed by atoms with Crippen molar-refractivity contribution in [3.05, 3.63) is 59.9 Å². The molecule has 2 heterocycles. The van der Waals surface area contributed by atoms with Crippen molar-refractivity contribution in [1.82, 2.24) is 14.9 Å². The third-order valence-corrected chi connectivity index (χ3v) is 8.10. The number of hydrogen-bond acceptors (Lipinski definition) is 7. The van der Waals surface area contributed by atoms with Crippen LogP contribution in [0.1, 0.15) is 103 Å². The van der Waals surface area contributed by atoms with Crippen molar-refractivity contribution < 1.29 is 64.5 Å². The molecule has 3 aromatic rings. The fourth-order valence-corrected chi connectivity index (χ4v) is 5.96. The van der Waals surface area contributed by atoms with Crippen molar-refractivity contribution in [2.75, 3.05) is 6.54 Å². The minimum atomic E-state index is -6.10. The van der Waals surface area contributed by atoms with E-state index in [2.05, 4.69) is 0 Å². The van der Waals surface area contributed by atoms with Gasteiger partial charge in [-0.3, -0.25) is 9.69 Å². The molecular weight excluding hydrogens is 574 g/mol. The van der Waals surface area contributed by atoms with Crippen LogP contribution in [-0.2, 0) is 21.2 Å². The molecule has 0 radical (unpaired) electrons. The SMILES string of the molecule is [2H]c1c([2H])c([2H])c(C([2H])([2H])C([2H])(N(C(=O)O)C2(NC(C)=O)C([2H])([2H])C([2H])([2H])C([2H])(S(=O)(=O)NCC3CCCC3)C([2H])([2H])[C@]2([2H])c2coc3occc23)C([2H])(O)C([2H])([2H])[2H])c([2H])c1[2H]. The molecule has 4 N–H and O–H groups in total. The highest BCUT2D eigenvalue weighted by Crippen LogP contribution is 2.48. The van der Waals surface area contributed by atoms with Gasteiger partial charge in [0.25, 0.3) is 5.78 Å². The summed E-state index contributed by atoms with van der Waals surface area (Å²) in [6.07, 6.45) is -25.0. The van der Waals surface area contributed by atoms with Crippen LogP contribution in [0.5, 0.6) is 0 Å². The standard InChI is InChI=1S/C31H41N3O8S/c1-20(35)28(16-22-8-4-3-5-9-22)34(30(37)38)31(33-21(2)36)14-12-24(43(39,40)32-18-23-10-6-7-11-23)17-27(31)26-19-42-29-25(26)13-15-41-29/h3-5,8-9,13,15,19-20,23-24,27-28,32,35H,6-7,10-12,14,16-18H2,1-2H3,(H,33,36)(H,37,38)/t20?,24?,27-,28?,31?/m1/s1/i1D3,3D,4D,5D,8D,9D,12D2,14D2,16D2,17D2,20D,24D,27D,28D. The molecule has 2 aliphatic carbocycles. The van der Waals surface area contributed by atoms with Gasteiger partial charge < -0.3 is 24.4 Å². The van der Waals surface area contributed by atoms with Crippen LogP contribution in [0.2, 0.25) is 0 Å². The Labute approximate surface area is 279 Å². The number of carbonyl (C=O) groups excluding carboxylic acids is 1. The summed E-state index contributed by atoms with van der Waals surface area (Å²) >= 11 is 0. The average molecular weight is 636 g/mol. The normalized spacial score (nSPS) is 40.3. The van der Waals surface area contributed by atoms with Crippen LogP contribution < -0.4 is 10.0 Å². The molecule has 5 atom stereocenters. The van der Waals surface area contributed by atoms with Gasteiger partial charge in [0.1, 0.15) is 5.66 Å². The number of carboxylic acid groups (broad SMARTS) is 1. The second kappa shape index (κ2) is 12.7. The Morgan fingerprint density at radius 2 is 2.07 bits per heavy atom. The Balaban J connectivity index is 2.13. The van der Waals surface area contributed by atoms with E-state index in [9.17, 15) is 43.3 Å². The maximum absolute atomic E-state index is 14.6. The smallest absolute Gasteiger partial charge is 0.409 e. The molecule has 2 amide bonds. The number of carbonyl (C=O) groups is 2. The Hall–Kier alpha value is -3.35. The summed E-state index contributed by atoms with van der Waals surface area (Å²) in [7, 11) is -6.10. The Kier molecular flexibility index (Phi) is 4.32. The molecule has 1 aromatic carbocycles. The summed E-state index contributed by atoms with van der Waals surface area (Å²) < 4.78 is 221. The van der Waals surface area contributed by atoms with E-state index in [-0.39, 0.29) is 6.26 Å². The lowest BCUT2D eigenvalue weighted by Gasteiger charge is -2.54. The predicted octanol–water partition coefficient (Wildman–Crippen LogP) is 4.58. The number of amides is 2. The van der Waals surface area contributed by atoms with Gasteiger partial charge in [-0.1, -0.05) is 43.1 Å². The first-order chi connectivity index (χ1) is 28.3. The number of sulfonamides is 1. The van der Waals surface area contributed by atoms with Gasteiger partial charge in [-0.15, -0.1) is 0 Å². The van der Waals surface area contributed by atoms with E-state index < -0.39 is 153 Å². The second-order valence-electron chi connectivity index (χ2n) is 9.68. The molecule has 2 aliphatic rings. The molecule has 0 bridgehead atoms. The number of fused-ring (bicyclic) bond motifs is 1. The Bertz CT molecular complexity index is 2430. The van der Waals surface area contributed by atoms with Gasteiger partial charge in [-0.05, 0) is 62.7 Å². The van der Waals surface area contributed by atoms with Crippen molar-refractivity contribution in [1.29, 1.82) is 0 Å². The van der Waals surface area contributed by atoms with Crippen molar-refractivity contribution in [2.24, 2.45) is 5.92 Å². The largest absolute Gasteiger partial charge is 0.465 e. The molecule has 234 valence electrons. The maximum Gasteiger partial charge on any atom is 0.409 e. The number of nitrogens with zero attached hydrogens (tertiary/aromatic N) is 1. The molecule has 0 saturated heterocycles. The third kappa shape index (κ3) is 6.46.